The molecule has 1 fully saturated rings. The van der Waals surface area contributed by atoms with Gasteiger partial charge in [0.05, 0.1) is 6.10 Å². The van der Waals surface area contributed by atoms with Gasteiger partial charge in [-0.15, -0.1) is 0 Å². The Labute approximate surface area is 100.0 Å². The monoisotopic (exact) mass is 260 g/mol. The second kappa shape index (κ2) is 4.63. The number of aromatic nitrogens is 2. The molecule has 0 amide bonds. The van der Waals surface area contributed by atoms with Gasteiger partial charge in [0.25, 0.3) is 0 Å². The number of nitrogens with two attached hydrogens (primary N) is 1. The molecule has 1 aliphatic heterocycles. The van der Waals surface area contributed by atoms with Crippen LogP contribution in [-0.2, 0) is 21.8 Å². The number of rotatable bonds is 4. The zero-order valence-corrected chi connectivity index (χ0v) is 10.4. The van der Waals surface area contributed by atoms with Crippen LogP contribution in [0.4, 0.5) is 5.82 Å². The summed E-state index contributed by atoms with van der Waals surface area (Å²) >= 11 is 0. The molecule has 96 valence electrons. The predicted octanol–water partition coefficient (Wildman–Crippen LogP) is -0.540. The van der Waals surface area contributed by atoms with Crippen LogP contribution in [0.3, 0.4) is 0 Å². The molecule has 7 nitrogen and oxygen atoms in total. The fourth-order valence-corrected chi connectivity index (χ4v) is 2.94. The Hall–Kier alpha value is -1.12. The standard InChI is InChI=1S/C9H16N4O3S/c1-13-6-8(9(10)12-13)17(14,15)11-5-7-3-2-4-16-7/h6-7,11H,2-5H2,1H3,(H2,10,12). The van der Waals surface area contributed by atoms with Crippen LogP contribution in [0.5, 0.6) is 0 Å². The zero-order chi connectivity index (χ0) is 12.5. The Kier molecular flexibility index (Phi) is 3.36. The van der Waals surface area contributed by atoms with Crippen molar-refractivity contribution in [3.8, 4) is 0 Å². The van der Waals surface area contributed by atoms with E-state index < -0.39 is 10.0 Å². The van der Waals surface area contributed by atoms with E-state index >= 15 is 0 Å². The van der Waals surface area contributed by atoms with Gasteiger partial charge in [-0.3, -0.25) is 4.68 Å². The van der Waals surface area contributed by atoms with Gasteiger partial charge in [-0.05, 0) is 12.8 Å². The normalized spacial score (nSPS) is 20.9. The summed E-state index contributed by atoms with van der Waals surface area (Å²) in [6.45, 7) is 0.970. The lowest BCUT2D eigenvalue weighted by molar-refractivity contribution is 0.114. The smallest absolute Gasteiger partial charge is 0.245 e. The molecule has 1 atom stereocenters. The minimum atomic E-state index is -3.60. The van der Waals surface area contributed by atoms with Crippen LogP contribution >= 0.6 is 0 Å². The molecule has 0 saturated carbocycles. The SMILES string of the molecule is Cn1cc(S(=O)(=O)NCC2CCCO2)c(N)n1. The number of nitrogen functional groups attached to an aromatic ring is 1. The molecule has 8 heteroatoms. The molecule has 0 radical (unpaired) electrons. The maximum Gasteiger partial charge on any atom is 0.245 e. The van der Waals surface area contributed by atoms with Crippen LogP contribution in [0.2, 0.25) is 0 Å². The molecule has 1 aromatic heterocycles. The summed E-state index contributed by atoms with van der Waals surface area (Å²) in [5.74, 6) is 0.00680. The largest absolute Gasteiger partial charge is 0.381 e. The Bertz CT molecular complexity index is 490. The highest BCUT2D eigenvalue weighted by Gasteiger charge is 2.23. The fourth-order valence-electron chi connectivity index (χ4n) is 1.78. The molecule has 3 N–H and O–H groups in total. The first-order valence-corrected chi connectivity index (χ1v) is 6.88. The number of nitrogens with one attached hydrogen (secondary N) is 1. The van der Waals surface area contributed by atoms with Crippen LogP contribution in [0.15, 0.2) is 11.1 Å². The van der Waals surface area contributed by atoms with Crippen molar-refractivity contribution in [2.45, 2.75) is 23.8 Å². The average Bonchev–Trinajstić information content (AvgIpc) is 2.85. The van der Waals surface area contributed by atoms with Crippen molar-refractivity contribution in [2.75, 3.05) is 18.9 Å². The Morgan fingerprint density at radius 3 is 3.00 bits per heavy atom. The van der Waals surface area contributed by atoms with Gasteiger partial charge < -0.3 is 10.5 Å². The van der Waals surface area contributed by atoms with Crippen molar-refractivity contribution < 1.29 is 13.2 Å². The molecule has 0 aromatic carbocycles. The number of nitrogens with zero attached hydrogens (tertiary/aromatic N) is 2. The maximum atomic E-state index is 11.9. The molecular formula is C9H16N4O3S. The van der Waals surface area contributed by atoms with E-state index in [1.54, 1.807) is 7.05 Å². The second-order valence-electron chi connectivity index (χ2n) is 4.04. The van der Waals surface area contributed by atoms with E-state index in [9.17, 15) is 8.42 Å². The lowest BCUT2D eigenvalue weighted by atomic mass is 10.2. The first kappa shape index (κ1) is 12.3. The van der Waals surface area contributed by atoms with E-state index in [0.717, 1.165) is 12.8 Å². The van der Waals surface area contributed by atoms with Crippen molar-refractivity contribution in [3.63, 3.8) is 0 Å². The summed E-state index contributed by atoms with van der Waals surface area (Å²) in [6.07, 6.45) is 3.20. The maximum absolute atomic E-state index is 11.9. The van der Waals surface area contributed by atoms with Crippen molar-refractivity contribution in [3.05, 3.63) is 6.20 Å². The number of aryl methyl sites for hydroxylation is 1. The molecule has 2 heterocycles. The van der Waals surface area contributed by atoms with Crippen LogP contribution < -0.4 is 10.5 Å². The molecule has 2 rings (SSSR count). The van der Waals surface area contributed by atoms with Gasteiger partial charge in [-0.25, -0.2) is 13.1 Å². The van der Waals surface area contributed by atoms with Gasteiger partial charge in [0.2, 0.25) is 10.0 Å². The van der Waals surface area contributed by atoms with Crippen LogP contribution in [0.1, 0.15) is 12.8 Å². The molecule has 0 spiro atoms. The Balaban J connectivity index is 2.05. The number of hydrogen-bond acceptors (Lipinski definition) is 5. The molecule has 0 aliphatic carbocycles. The van der Waals surface area contributed by atoms with Gasteiger partial charge in [-0.1, -0.05) is 0 Å². The van der Waals surface area contributed by atoms with Gasteiger partial charge in [-0.2, -0.15) is 5.10 Å². The Morgan fingerprint density at radius 1 is 1.71 bits per heavy atom. The van der Waals surface area contributed by atoms with E-state index in [0.29, 0.717) is 6.61 Å². The van der Waals surface area contributed by atoms with Crippen molar-refractivity contribution in [1.29, 1.82) is 0 Å². The third-order valence-electron chi connectivity index (χ3n) is 2.64. The van der Waals surface area contributed by atoms with Crippen molar-refractivity contribution in [1.82, 2.24) is 14.5 Å². The minimum absolute atomic E-state index is 0.00680. The summed E-state index contributed by atoms with van der Waals surface area (Å²) in [5, 5.41) is 3.80. The Morgan fingerprint density at radius 2 is 2.47 bits per heavy atom. The summed E-state index contributed by atoms with van der Waals surface area (Å²) in [7, 11) is -1.98. The van der Waals surface area contributed by atoms with Gasteiger partial charge in [0.1, 0.15) is 4.90 Å². The van der Waals surface area contributed by atoms with Crippen LogP contribution in [0, 0.1) is 0 Å². The third kappa shape index (κ3) is 2.76. The molecular weight excluding hydrogens is 244 g/mol. The molecule has 1 aromatic rings. The van der Waals surface area contributed by atoms with Crippen molar-refractivity contribution in [2.24, 2.45) is 7.05 Å². The highest BCUT2D eigenvalue weighted by molar-refractivity contribution is 7.89. The zero-order valence-electron chi connectivity index (χ0n) is 9.59. The van der Waals surface area contributed by atoms with Gasteiger partial charge in [0.15, 0.2) is 5.82 Å². The van der Waals surface area contributed by atoms with E-state index in [1.807, 2.05) is 0 Å². The number of ether oxygens (including phenoxy) is 1. The number of hydrogen-bond donors (Lipinski definition) is 2. The van der Waals surface area contributed by atoms with Crippen molar-refractivity contribution >= 4 is 15.8 Å². The first-order valence-electron chi connectivity index (χ1n) is 5.39. The van der Waals surface area contributed by atoms with E-state index in [1.165, 1.54) is 10.9 Å². The molecule has 1 aliphatic rings. The third-order valence-corrected chi connectivity index (χ3v) is 4.08. The first-order chi connectivity index (χ1) is 7.99. The van der Waals surface area contributed by atoms with E-state index in [2.05, 4.69) is 9.82 Å². The quantitative estimate of drug-likeness (QED) is 0.757. The minimum Gasteiger partial charge on any atom is -0.381 e. The summed E-state index contributed by atoms with van der Waals surface area (Å²) in [5.41, 5.74) is 5.53. The topological polar surface area (TPSA) is 99.2 Å². The van der Waals surface area contributed by atoms with E-state index in [4.69, 9.17) is 10.5 Å². The lowest BCUT2D eigenvalue weighted by Crippen LogP contribution is -2.32. The number of anilines is 1. The molecule has 1 saturated heterocycles. The van der Waals surface area contributed by atoms with E-state index in [-0.39, 0.29) is 23.4 Å². The summed E-state index contributed by atoms with van der Waals surface area (Å²) in [4.78, 5) is 0.0120. The molecule has 0 bridgehead atoms. The summed E-state index contributed by atoms with van der Waals surface area (Å²) in [6, 6.07) is 0. The summed E-state index contributed by atoms with van der Waals surface area (Å²) < 4.78 is 33.0. The van der Waals surface area contributed by atoms with Crippen LogP contribution in [-0.4, -0.2) is 37.5 Å². The highest BCUT2D eigenvalue weighted by atomic mass is 32.2. The second-order valence-corrected chi connectivity index (χ2v) is 5.77. The van der Waals surface area contributed by atoms with Crippen LogP contribution in [0.25, 0.3) is 0 Å². The predicted molar refractivity (Wildman–Crippen MR) is 61.8 cm³/mol. The van der Waals surface area contributed by atoms with Gasteiger partial charge in [0, 0.05) is 26.4 Å². The number of sulfonamides is 1. The molecule has 17 heavy (non-hydrogen) atoms. The fraction of sp³-hybridized carbons (Fsp3) is 0.667. The average molecular weight is 260 g/mol. The lowest BCUT2D eigenvalue weighted by Gasteiger charge is -2.10. The highest BCUT2D eigenvalue weighted by Crippen LogP contribution is 2.16. The van der Waals surface area contributed by atoms with Gasteiger partial charge >= 0.3 is 0 Å². The molecule has 1 unspecified atom stereocenters.